The van der Waals surface area contributed by atoms with E-state index in [2.05, 4.69) is 34.5 Å². The molecule has 1 heterocycles. The second-order valence-corrected chi connectivity index (χ2v) is 9.53. The number of nitrogens with zero attached hydrogens (tertiary/aromatic N) is 2. The molecule has 1 fully saturated rings. The molecule has 26 heavy (non-hydrogen) atoms. The molecule has 1 N–H and O–H groups in total. The van der Waals surface area contributed by atoms with Crippen molar-refractivity contribution in [2.24, 2.45) is 5.92 Å². The number of anilines is 1. The van der Waals surface area contributed by atoms with Crippen LogP contribution >= 0.6 is 0 Å². The summed E-state index contributed by atoms with van der Waals surface area (Å²) in [7, 11) is 0.914. The fourth-order valence-electron chi connectivity index (χ4n) is 3.38. The zero-order valence-electron chi connectivity index (χ0n) is 16.2. The van der Waals surface area contributed by atoms with E-state index in [9.17, 15) is 13.2 Å². The summed E-state index contributed by atoms with van der Waals surface area (Å²) in [4.78, 5) is 14.3. The average molecular weight is 382 g/mol. The molecule has 0 aliphatic carbocycles. The van der Waals surface area contributed by atoms with Gasteiger partial charge >= 0.3 is 0 Å². The Bertz CT molecular complexity index is 693. The van der Waals surface area contributed by atoms with Crippen molar-refractivity contribution < 1.29 is 13.2 Å². The Hall–Kier alpha value is -1.60. The van der Waals surface area contributed by atoms with Crippen LogP contribution < -0.4 is 10.2 Å². The van der Waals surface area contributed by atoms with E-state index < -0.39 is 10.0 Å². The van der Waals surface area contributed by atoms with Crippen LogP contribution in [0.4, 0.5) is 5.69 Å². The molecular formula is C19H31N3O3S. The normalized spacial score (nSPS) is 17.7. The van der Waals surface area contributed by atoms with E-state index in [4.69, 9.17) is 0 Å². The van der Waals surface area contributed by atoms with Crippen LogP contribution in [-0.2, 0) is 21.2 Å². The summed E-state index contributed by atoms with van der Waals surface area (Å²) < 4.78 is 24.6. The zero-order chi connectivity index (χ0) is 19.3. The third kappa shape index (κ3) is 6.29. The lowest BCUT2D eigenvalue weighted by molar-refractivity contribution is -0.122. The molecule has 1 atom stereocenters. The van der Waals surface area contributed by atoms with E-state index in [1.807, 2.05) is 21.0 Å². The van der Waals surface area contributed by atoms with E-state index in [0.29, 0.717) is 19.5 Å². The van der Waals surface area contributed by atoms with Gasteiger partial charge < -0.3 is 10.2 Å². The van der Waals surface area contributed by atoms with Crippen molar-refractivity contribution in [3.8, 4) is 0 Å². The summed E-state index contributed by atoms with van der Waals surface area (Å²) in [6.07, 6.45) is 4.02. The van der Waals surface area contributed by atoms with Crippen LogP contribution in [0.15, 0.2) is 24.3 Å². The van der Waals surface area contributed by atoms with Crippen molar-refractivity contribution in [3.63, 3.8) is 0 Å². The Kier molecular flexibility index (Phi) is 7.06. The van der Waals surface area contributed by atoms with Crippen molar-refractivity contribution in [1.29, 1.82) is 0 Å². The molecule has 1 amide bonds. The summed E-state index contributed by atoms with van der Waals surface area (Å²) >= 11 is 0. The molecule has 0 aromatic heterocycles. The predicted molar refractivity (Wildman–Crippen MR) is 106 cm³/mol. The minimum absolute atomic E-state index is 0.0558. The number of rotatable bonds is 7. The molecule has 2 rings (SSSR count). The van der Waals surface area contributed by atoms with Gasteiger partial charge in [-0.05, 0) is 49.8 Å². The van der Waals surface area contributed by atoms with E-state index >= 15 is 0 Å². The molecular weight excluding hydrogens is 350 g/mol. The van der Waals surface area contributed by atoms with Crippen molar-refractivity contribution in [2.75, 3.05) is 38.3 Å². The number of amides is 1. The number of piperidine rings is 1. The summed E-state index contributed by atoms with van der Waals surface area (Å²) in [5, 5.41) is 3.07. The number of sulfonamides is 1. The minimum atomic E-state index is -3.11. The monoisotopic (exact) mass is 381 g/mol. The topological polar surface area (TPSA) is 69.7 Å². The Morgan fingerprint density at radius 2 is 1.81 bits per heavy atom. The van der Waals surface area contributed by atoms with Gasteiger partial charge in [-0.15, -0.1) is 0 Å². The van der Waals surface area contributed by atoms with Crippen LogP contribution in [0, 0.1) is 5.92 Å². The molecule has 0 unspecified atom stereocenters. The molecule has 1 aromatic carbocycles. The van der Waals surface area contributed by atoms with Gasteiger partial charge in [0.1, 0.15) is 0 Å². The van der Waals surface area contributed by atoms with Gasteiger partial charge in [-0.1, -0.05) is 12.1 Å². The van der Waals surface area contributed by atoms with Crippen molar-refractivity contribution in [2.45, 2.75) is 38.6 Å². The molecule has 6 nitrogen and oxygen atoms in total. The predicted octanol–water partition coefficient (Wildman–Crippen LogP) is 1.86. The fourth-order valence-corrected chi connectivity index (χ4v) is 4.25. The van der Waals surface area contributed by atoms with Gasteiger partial charge in [0.05, 0.1) is 6.26 Å². The smallest absolute Gasteiger partial charge is 0.220 e. The Labute approximate surface area is 157 Å². The van der Waals surface area contributed by atoms with Crippen LogP contribution in [-0.4, -0.2) is 58.1 Å². The molecule has 0 bridgehead atoms. The van der Waals surface area contributed by atoms with Crippen LogP contribution in [0.3, 0.4) is 0 Å². The van der Waals surface area contributed by atoms with Gasteiger partial charge in [0.15, 0.2) is 0 Å². The van der Waals surface area contributed by atoms with Crippen LogP contribution in [0.1, 0.15) is 31.7 Å². The van der Waals surface area contributed by atoms with Gasteiger partial charge in [0, 0.05) is 45.3 Å². The van der Waals surface area contributed by atoms with Crippen LogP contribution in [0.25, 0.3) is 0 Å². The molecule has 1 aliphatic heterocycles. The SMILES string of the molecule is C[C@H](Cc1ccc(N(C)C)cc1)NC(=O)CC1CCN(S(C)(=O)=O)CC1. The van der Waals surface area contributed by atoms with E-state index in [-0.39, 0.29) is 17.9 Å². The second-order valence-electron chi connectivity index (χ2n) is 7.54. The molecule has 0 saturated carbocycles. The lowest BCUT2D eigenvalue weighted by Crippen LogP contribution is -2.40. The molecule has 0 spiro atoms. The van der Waals surface area contributed by atoms with Crippen molar-refractivity contribution in [3.05, 3.63) is 29.8 Å². The molecule has 1 saturated heterocycles. The van der Waals surface area contributed by atoms with Crippen LogP contribution in [0.2, 0.25) is 0 Å². The quantitative estimate of drug-likeness (QED) is 0.783. The Balaban J connectivity index is 1.75. The highest BCUT2D eigenvalue weighted by atomic mass is 32.2. The van der Waals surface area contributed by atoms with Gasteiger partial charge in [-0.3, -0.25) is 4.79 Å². The first-order valence-electron chi connectivity index (χ1n) is 9.16. The first-order valence-corrected chi connectivity index (χ1v) is 11.0. The highest BCUT2D eigenvalue weighted by molar-refractivity contribution is 7.88. The fraction of sp³-hybridized carbons (Fsp3) is 0.632. The highest BCUT2D eigenvalue weighted by Gasteiger charge is 2.26. The maximum Gasteiger partial charge on any atom is 0.220 e. The second kappa shape index (κ2) is 8.86. The first kappa shape index (κ1) is 20.7. The standard InChI is InChI=1S/C19H31N3O3S/c1-15(13-16-5-7-18(8-6-16)21(2)3)20-19(23)14-17-9-11-22(12-10-17)26(4,24)25/h5-8,15,17H,9-14H2,1-4H3,(H,20,23)/t15-/m1/s1. The van der Waals surface area contributed by atoms with Gasteiger partial charge in [-0.2, -0.15) is 0 Å². The molecule has 1 aromatic rings. The zero-order valence-corrected chi connectivity index (χ0v) is 17.1. The molecule has 0 radical (unpaired) electrons. The molecule has 1 aliphatic rings. The highest BCUT2D eigenvalue weighted by Crippen LogP contribution is 2.22. The Morgan fingerprint density at radius 3 is 2.31 bits per heavy atom. The maximum absolute atomic E-state index is 12.3. The summed E-state index contributed by atoms with van der Waals surface area (Å²) in [5.41, 5.74) is 2.36. The Morgan fingerprint density at radius 1 is 1.23 bits per heavy atom. The summed E-state index contributed by atoms with van der Waals surface area (Å²) in [5.74, 6) is 0.319. The minimum Gasteiger partial charge on any atom is -0.378 e. The van der Waals surface area contributed by atoms with Crippen molar-refractivity contribution in [1.82, 2.24) is 9.62 Å². The number of benzene rings is 1. The van der Waals surface area contributed by atoms with Gasteiger partial charge in [0.2, 0.25) is 15.9 Å². The van der Waals surface area contributed by atoms with Gasteiger partial charge in [-0.25, -0.2) is 12.7 Å². The average Bonchev–Trinajstić information content (AvgIpc) is 2.54. The lowest BCUT2D eigenvalue weighted by Gasteiger charge is -2.30. The number of hydrogen-bond acceptors (Lipinski definition) is 4. The summed E-state index contributed by atoms with van der Waals surface area (Å²) in [6.45, 7) is 3.05. The number of carbonyl (C=O) groups excluding carboxylic acids is 1. The maximum atomic E-state index is 12.3. The largest absolute Gasteiger partial charge is 0.378 e. The van der Waals surface area contributed by atoms with Crippen molar-refractivity contribution >= 4 is 21.6 Å². The van der Waals surface area contributed by atoms with Crippen LogP contribution in [0.5, 0.6) is 0 Å². The first-order chi connectivity index (χ1) is 12.1. The number of hydrogen-bond donors (Lipinski definition) is 1. The summed E-state index contributed by atoms with van der Waals surface area (Å²) in [6, 6.07) is 8.43. The third-order valence-corrected chi connectivity index (χ3v) is 6.22. The lowest BCUT2D eigenvalue weighted by atomic mass is 9.94. The molecule has 7 heteroatoms. The van der Waals surface area contributed by atoms with Gasteiger partial charge in [0.25, 0.3) is 0 Å². The number of nitrogens with one attached hydrogen (secondary N) is 1. The van der Waals surface area contributed by atoms with E-state index in [1.54, 1.807) is 0 Å². The number of carbonyl (C=O) groups is 1. The van der Waals surface area contributed by atoms with E-state index in [0.717, 1.165) is 24.9 Å². The molecule has 146 valence electrons. The van der Waals surface area contributed by atoms with E-state index in [1.165, 1.54) is 16.1 Å². The third-order valence-electron chi connectivity index (χ3n) is 4.92.